The molecule has 1 aromatic heterocycles. The summed E-state index contributed by atoms with van der Waals surface area (Å²) >= 11 is 0. The van der Waals surface area contributed by atoms with Gasteiger partial charge in [-0.2, -0.15) is 13.2 Å². The SMILES string of the molecule is CN(C(=O)O)c1nc2ccc(C(=O)c3ccccc3NC(=O)c3ccccc3)cc2[nH]1.O=C(O)C(F)(F)F. The second-order valence-corrected chi connectivity index (χ2v) is 7.63. The number of hydrogen-bond donors (Lipinski definition) is 4. The number of carbonyl (C=O) groups excluding carboxylic acids is 2. The average Bonchev–Trinajstić information content (AvgIpc) is 3.32. The number of ketones is 1. The highest BCUT2D eigenvalue weighted by atomic mass is 19.4. The zero-order valence-corrected chi connectivity index (χ0v) is 19.5. The molecule has 0 spiro atoms. The molecule has 10 nitrogen and oxygen atoms in total. The molecule has 0 fully saturated rings. The predicted molar refractivity (Wildman–Crippen MR) is 130 cm³/mol. The number of aromatic nitrogens is 2. The quantitative estimate of drug-likeness (QED) is 0.272. The fourth-order valence-electron chi connectivity index (χ4n) is 3.12. The number of carbonyl (C=O) groups is 4. The lowest BCUT2D eigenvalue weighted by Gasteiger charge is -2.10. The number of fused-ring (bicyclic) bond motifs is 1. The normalized spacial score (nSPS) is 10.7. The number of hydrogen-bond acceptors (Lipinski definition) is 5. The minimum absolute atomic E-state index is 0.155. The van der Waals surface area contributed by atoms with Crippen molar-refractivity contribution in [1.29, 1.82) is 0 Å². The maximum Gasteiger partial charge on any atom is 0.490 e. The van der Waals surface area contributed by atoms with Crippen LogP contribution in [-0.4, -0.2) is 57.2 Å². The van der Waals surface area contributed by atoms with Crippen LogP contribution in [0, 0.1) is 0 Å². The van der Waals surface area contributed by atoms with E-state index in [0.29, 0.717) is 33.4 Å². The Morgan fingerprint density at radius 2 is 1.50 bits per heavy atom. The predicted octanol–water partition coefficient (Wildman–Crippen LogP) is 4.79. The van der Waals surface area contributed by atoms with E-state index in [2.05, 4.69) is 15.3 Å². The van der Waals surface area contributed by atoms with Crippen LogP contribution in [0.1, 0.15) is 26.3 Å². The second kappa shape index (κ2) is 11.2. The smallest absolute Gasteiger partial charge is 0.475 e. The number of alkyl halides is 3. The van der Waals surface area contributed by atoms with E-state index in [0.717, 1.165) is 4.90 Å². The number of nitrogens with zero attached hydrogens (tertiary/aromatic N) is 2. The largest absolute Gasteiger partial charge is 0.490 e. The minimum atomic E-state index is -5.08. The molecular weight excluding hydrogens is 509 g/mol. The Bertz CT molecular complexity index is 1500. The Labute approximate surface area is 212 Å². The Morgan fingerprint density at radius 1 is 0.895 bits per heavy atom. The molecule has 0 saturated heterocycles. The van der Waals surface area contributed by atoms with E-state index in [1.54, 1.807) is 66.7 Å². The van der Waals surface area contributed by atoms with Crippen molar-refractivity contribution >= 4 is 46.4 Å². The molecule has 13 heteroatoms. The van der Waals surface area contributed by atoms with Gasteiger partial charge in [-0.1, -0.05) is 30.3 Å². The fraction of sp³-hybridized carbons (Fsp3) is 0.0800. The van der Waals surface area contributed by atoms with E-state index < -0.39 is 18.2 Å². The summed E-state index contributed by atoms with van der Waals surface area (Å²) < 4.78 is 31.7. The monoisotopic (exact) mass is 528 g/mol. The van der Waals surface area contributed by atoms with Crippen LogP contribution >= 0.6 is 0 Å². The van der Waals surface area contributed by atoms with Crippen LogP contribution in [0.15, 0.2) is 72.8 Å². The highest BCUT2D eigenvalue weighted by Gasteiger charge is 2.38. The number of benzene rings is 3. The number of aliphatic carboxylic acids is 1. The summed E-state index contributed by atoms with van der Waals surface area (Å²) in [4.78, 5) is 53.8. The van der Waals surface area contributed by atoms with Gasteiger partial charge in [0.25, 0.3) is 5.91 Å². The van der Waals surface area contributed by atoms with Gasteiger partial charge >= 0.3 is 18.2 Å². The molecule has 1 heterocycles. The van der Waals surface area contributed by atoms with E-state index in [1.165, 1.54) is 7.05 Å². The summed E-state index contributed by atoms with van der Waals surface area (Å²) in [7, 11) is 1.37. The molecule has 0 radical (unpaired) electrons. The van der Waals surface area contributed by atoms with Crippen LogP contribution in [0.4, 0.5) is 29.6 Å². The van der Waals surface area contributed by atoms with E-state index in [9.17, 15) is 27.6 Å². The number of carboxylic acid groups (broad SMARTS) is 2. The van der Waals surface area contributed by atoms with Crippen molar-refractivity contribution < 1.29 is 42.6 Å². The Kier molecular flexibility index (Phi) is 8.10. The number of aromatic amines is 1. The summed E-state index contributed by atoms with van der Waals surface area (Å²) in [5, 5.41) is 19.0. The molecule has 4 rings (SSSR count). The highest BCUT2D eigenvalue weighted by molar-refractivity contribution is 6.16. The number of halogens is 3. The van der Waals surface area contributed by atoms with Crippen LogP contribution in [0.25, 0.3) is 11.0 Å². The van der Waals surface area contributed by atoms with Crippen molar-refractivity contribution in [2.75, 3.05) is 17.3 Å². The van der Waals surface area contributed by atoms with Gasteiger partial charge in [-0.15, -0.1) is 0 Å². The number of amides is 2. The average molecular weight is 528 g/mol. The van der Waals surface area contributed by atoms with Gasteiger partial charge < -0.3 is 20.5 Å². The second-order valence-electron chi connectivity index (χ2n) is 7.63. The topological polar surface area (TPSA) is 153 Å². The van der Waals surface area contributed by atoms with Crippen molar-refractivity contribution in [2.45, 2.75) is 6.18 Å². The Morgan fingerprint density at radius 3 is 2.11 bits per heavy atom. The lowest BCUT2D eigenvalue weighted by molar-refractivity contribution is -0.192. The summed E-state index contributed by atoms with van der Waals surface area (Å²) in [6, 6.07) is 20.4. The van der Waals surface area contributed by atoms with Crippen molar-refractivity contribution in [3.8, 4) is 0 Å². The van der Waals surface area contributed by atoms with Gasteiger partial charge in [0.05, 0.1) is 16.7 Å². The van der Waals surface area contributed by atoms with Crippen LogP contribution in [0.5, 0.6) is 0 Å². The summed E-state index contributed by atoms with van der Waals surface area (Å²) in [5.74, 6) is -3.20. The van der Waals surface area contributed by atoms with E-state index in [1.807, 2.05) is 6.07 Å². The molecule has 0 bridgehead atoms. The number of H-pyrrole nitrogens is 1. The minimum Gasteiger partial charge on any atom is -0.475 e. The molecule has 0 atom stereocenters. The van der Waals surface area contributed by atoms with Crippen LogP contribution in [0.3, 0.4) is 0 Å². The molecule has 38 heavy (non-hydrogen) atoms. The molecule has 4 N–H and O–H groups in total. The molecular formula is C25H19F3N4O6. The molecule has 0 aliphatic rings. The van der Waals surface area contributed by atoms with Crippen molar-refractivity contribution in [1.82, 2.24) is 9.97 Å². The third kappa shape index (κ3) is 6.51. The number of rotatable bonds is 5. The van der Waals surface area contributed by atoms with Gasteiger partial charge in [-0.05, 0) is 42.5 Å². The number of para-hydroxylation sites is 1. The van der Waals surface area contributed by atoms with Crippen molar-refractivity contribution in [3.05, 3.63) is 89.5 Å². The first-order chi connectivity index (χ1) is 17.9. The molecule has 2 amide bonds. The molecule has 196 valence electrons. The summed E-state index contributed by atoms with van der Waals surface area (Å²) in [5.41, 5.74) is 2.66. The number of carboxylic acids is 1. The van der Waals surface area contributed by atoms with E-state index in [4.69, 9.17) is 15.0 Å². The summed E-state index contributed by atoms with van der Waals surface area (Å²) in [6.45, 7) is 0. The zero-order valence-electron chi connectivity index (χ0n) is 19.5. The van der Waals surface area contributed by atoms with Gasteiger partial charge in [0, 0.05) is 23.7 Å². The first-order valence-electron chi connectivity index (χ1n) is 10.6. The third-order valence-corrected chi connectivity index (χ3v) is 5.03. The van der Waals surface area contributed by atoms with E-state index in [-0.39, 0.29) is 17.6 Å². The zero-order chi connectivity index (χ0) is 28.0. The van der Waals surface area contributed by atoms with E-state index >= 15 is 0 Å². The first-order valence-corrected chi connectivity index (χ1v) is 10.6. The standard InChI is InChI=1S/C23H18N4O4.C2HF3O2/c1-27(23(30)31)22-25-18-12-11-15(13-19(18)26-22)20(28)16-9-5-6-10-17(16)24-21(29)14-7-3-2-4-8-14;3-2(4,5)1(6)7/h2-13H,1H3,(H,24,29)(H,25,26)(H,30,31);(H,6,7). The highest BCUT2D eigenvalue weighted by Crippen LogP contribution is 2.24. The van der Waals surface area contributed by atoms with Crippen molar-refractivity contribution in [2.24, 2.45) is 0 Å². The maximum absolute atomic E-state index is 13.2. The van der Waals surface area contributed by atoms with Crippen LogP contribution in [-0.2, 0) is 4.79 Å². The Hall–Kier alpha value is -5.20. The van der Waals surface area contributed by atoms with Gasteiger partial charge in [-0.3, -0.25) is 14.5 Å². The van der Waals surface area contributed by atoms with Gasteiger partial charge in [0.1, 0.15) is 0 Å². The summed E-state index contributed by atoms with van der Waals surface area (Å²) in [6.07, 6.45) is -6.24. The first kappa shape index (κ1) is 27.4. The third-order valence-electron chi connectivity index (χ3n) is 5.03. The molecule has 0 aliphatic carbocycles. The lowest BCUT2D eigenvalue weighted by atomic mass is 10.0. The maximum atomic E-state index is 13.2. The number of nitrogens with one attached hydrogen (secondary N) is 2. The lowest BCUT2D eigenvalue weighted by Crippen LogP contribution is -2.24. The van der Waals surface area contributed by atoms with Crippen LogP contribution in [0.2, 0.25) is 0 Å². The van der Waals surface area contributed by atoms with Crippen molar-refractivity contribution in [3.63, 3.8) is 0 Å². The molecule has 4 aromatic rings. The Balaban J connectivity index is 0.000000505. The van der Waals surface area contributed by atoms with Gasteiger partial charge in [0.15, 0.2) is 5.78 Å². The molecule has 0 aliphatic heterocycles. The van der Waals surface area contributed by atoms with Gasteiger partial charge in [0.2, 0.25) is 5.95 Å². The molecule has 3 aromatic carbocycles. The van der Waals surface area contributed by atoms with Crippen LogP contribution < -0.4 is 10.2 Å². The molecule has 0 saturated carbocycles. The number of anilines is 2. The molecule has 0 unspecified atom stereocenters. The fourth-order valence-corrected chi connectivity index (χ4v) is 3.12. The van der Waals surface area contributed by atoms with Gasteiger partial charge in [-0.25, -0.2) is 14.6 Å². The number of imidazole rings is 1.